The van der Waals surface area contributed by atoms with E-state index < -0.39 is 23.8 Å². The predicted molar refractivity (Wildman–Crippen MR) is 68.4 cm³/mol. The zero-order valence-electron chi connectivity index (χ0n) is 11.0. The van der Waals surface area contributed by atoms with Gasteiger partial charge in [-0.05, 0) is 11.6 Å². The summed E-state index contributed by atoms with van der Waals surface area (Å²) in [7, 11) is 0. The summed E-state index contributed by atoms with van der Waals surface area (Å²) in [5.41, 5.74) is 1.22. The molecule has 21 heavy (non-hydrogen) atoms. The number of carbonyl (C=O) groups excluding carboxylic acids is 4. The van der Waals surface area contributed by atoms with E-state index in [4.69, 9.17) is 4.84 Å². The molecule has 2 aliphatic heterocycles. The maximum Gasteiger partial charge on any atom is 0.335 e. The molecule has 3 amide bonds. The van der Waals surface area contributed by atoms with Crippen LogP contribution in [0.2, 0.25) is 0 Å². The fraction of sp³-hybridized carbons (Fsp3) is 0.286. The van der Waals surface area contributed by atoms with Gasteiger partial charge in [0.15, 0.2) is 0 Å². The van der Waals surface area contributed by atoms with Crippen LogP contribution in [0.1, 0.15) is 41.2 Å². The van der Waals surface area contributed by atoms with Gasteiger partial charge in [0.2, 0.25) is 0 Å². The molecule has 0 aliphatic carbocycles. The lowest BCUT2D eigenvalue weighted by Crippen LogP contribution is -2.33. The van der Waals surface area contributed by atoms with Crippen LogP contribution in [0.25, 0.3) is 0 Å². The largest absolute Gasteiger partial charge is 0.345 e. The fourth-order valence-corrected chi connectivity index (χ4v) is 2.45. The maximum atomic E-state index is 11.8. The Balaban J connectivity index is 1.68. The number of hydroxylamine groups is 2. The van der Waals surface area contributed by atoms with Crippen molar-refractivity contribution in [2.75, 3.05) is 0 Å². The minimum atomic E-state index is -0.736. The van der Waals surface area contributed by atoms with Gasteiger partial charge in [0.25, 0.3) is 17.7 Å². The molecule has 1 aromatic rings. The van der Waals surface area contributed by atoms with E-state index >= 15 is 0 Å². The highest BCUT2D eigenvalue weighted by Gasteiger charge is 2.35. The van der Waals surface area contributed by atoms with E-state index in [2.05, 4.69) is 5.32 Å². The molecule has 1 atom stereocenters. The van der Waals surface area contributed by atoms with Crippen LogP contribution in [0, 0.1) is 0 Å². The second-order valence-corrected chi connectivity index (χ2v) is 4.86. The standard InChI is InChI=1S/C14H12N2O5/c17-11-5-6-12(18)16(11)21-13(19)7-10-8-3-1-2-4-9(8)14(20)15-10/h1-4,10H,5-7H2,(H,15,20). The normalized spacial score (nSPS) is 20.5. The van der Waals surface area contributed by atoms with Crippen molar-refractivity contribution >= 4 is 23.7 Å². The van der Waals surface area contributed by atoms with Crippen LogP contribution in [0.5, 0.6) is 0 Å². The molecule has 1 saturated heterocycles. The molecule has 3 rings (SSSR count). The van der Waals surface area contributed by atoms with E-state index in [1.54, 1.807) is 24.3 Å². The third-order valence-electron chi connectivity index (χ3n) is 3.46. The Hall–Kier alpha value is -2.70. The number of benzene rings is 1. The van der Waals surface area contributed by atoms with Gasteiger partial charge in [0, 0.05) is 18.4 Å². The highest BCUT2D eigenvalue weighted by Crippen LogP contribution is 2.28. The van der Waals surface area contributed by atoms with E-state index in [1.165, 1.54) is 0 Å². The second kappa shape index (κ2) is 5.01. The lowest BCUT2D eigenvalue weighted by Gasteiger charge is -2.15. The molecule has 7 nitrogen and oxygen atoms in total. The highest BCUT2D eigenvalue weighted by molar-refractivity contribution is 6.02. The van der Waals surface area contributed by atoms with E-state index in [9.17, 15) is 19.2 Å². The Labute approximate surface area is 119 Å². The van der Waals surface area contributed by atoms with Gasteiger partial charge in [-0.1, -0.05) is 18.2 Å². The Morgan fingerprint density at radius 3 is 2.57 bits per heavy atom. The Bertz CT molecular complexity index is 639. The molecule has 0 spiro atoms. The predicted octanol–water partition coefficient (Wildman–Crippen LogP) is 0.468. The Morgan fingerprint density at radius 1 is 1.19 bits per heavy atom. The summed E-state index contributed by atoms with van der Waals surface area (Å²) in [6, 6.07) is 6.42. The topological polar surface area (TPSA) is 92.8 Å². The first-order chi connectivity index (χ1) is 10.1. The zero-order valence-corrected chi connectivity index (χ0v) is 11.0. The van der Waals surface area contributed by atoms with E-state index in [0.29, 0.717) is 16.2 Å². The lowest BCUT2D eigenvalue weighted by atomic mass is 10.0. The van der Waals surface area contributed by atoms with Gasteiger partial charge in [0.05, 0.1) is 12.5 Å². The number of fused-ring (bicyclic) bond motifs is 1. The van der Waals surface area contributed by atoms with Crippen LogP contribution in [-0.2, 0) is 19.2 Å². The third kappa shape index (κ3) is 2.37. The van der Waals surface area contributed by atoms with Gasteiger partial charge in [-0.3, -0.25) is 14.4 Å². The van der Waals surface area contributed by atoms with Crippen molar-refractivity contribution in [3.8, 4) is 0 Å². The first kappa shape index (κ1) is 13.3. The van der Waals surface area contributed by atoms with Crippen LogP contribution < -0.4 is 5.32 Å². The molecule has 1 fully saturated rings. The quantitative estimate of drug-likeness (QED) is 0.816. The summed E-state index contributed by atoms with van der Waals surface area (Å²) in [5, 5.41) is 3.17. The van der Waals surface area contributed by atoms with Crippen LogP contribution in [0.15, 0.2) is 24.3 Å². The number of nitrogens with zero attached hydrogens (tertiary/aromatic N) is 1. The van der Waals surface area contributed by atoms with Crippen LogP contribution >= 0.6 is 0 Å². The maximum absolute atomic E-state index is 11.8. The third-order valence-corrected chi connectivity index (χ3v) is 3.46. The SMILES string of the molecule is O=C(CC1NC(=O)c2ccccc21)ON1C(=O)CCC1=O. The van der Waals surface area contributed by atoms with Crippen LogP contribution in [-0.4, -0.2) is 28.8 Å². The van der Waals surface area contributed by atoms with Gasteiger partial charge in [0.1, 0.15) is 0 Å². The Kier molecular flexibility index (Phi) is 3.17. The Morgan fingerprint density at radius 2 is 1.86 bits per heavy atom. The van der Waals surface area contributed by atoms with Gasteiger partial charge in [-0.25, -0.2) is 4.79 Å². The first-order valence-electron chi connectivity index (χ1n) is 6.52. The minimum absolute atomic E-state index is 0.0507. The van der Waals surface area contributed by atoms with Crippen molar-refractivity contribution in [2.24, 2.45) is 0 Å². The summed E-state index contributed by atoms with van der Waals surface area (Å²) in [6.45, 7) is 0. The van der Waals surface area contributed by atoms with Crippen molar-refractivity contribution in [3.05, 3.63) is 35.4 Å². The summed E-state index contributed by atoms with van der Waals surface area (Å²) < 4.78 is 0. The molecule has 0 aromatic heterocycles. The lowest BCUT2D eigenvalue weighted by molar-refractivity contribution is -0.197. The van der Waals surface area contributed by atoms with Crippen molar-refractivity contribution in [1.29, 1.82) is 0 Å². The number of hydrogen-bond acceptors (Lipinski definition) is 5. The molecule has 1 aromatic carbocycles. The number of amides is 3. The molecule has 2 heterocycles. The monoisotopic (exact) mass is 288 g/mol. The van der Waals surface area contributed by atoms with Gasteiger partial charge in [-0.15, -0.1) is 5.06 Å². The van der Waals surface area contributed by atoms with Gasteiger partial charge < -0.3 is 10.2 Å². The number of nitrogens with one attached hydrogen (secondary N) is 1. The average Bonchev–Trinajstić information content (AvgIpc) is 2.94. The molecule has 1 unspecified atom stereocenters. The molecule has 0 radical (unpaired) electrons. The number of imide groups is 1. The molecular weight excluding hydrogens is 276 g/mol. The van der Waals surface area contributed by atoms with E-state index in [0.717, 1.165) is 0 Å². The summed E-state index contributed by atoms with van der Waals surface area (Å²) in [5.74, 6) is -2.04. The van der Waals surface area contributed by atoms with Crippen molar-refractivity contribution in [3.63, 3.8) is 0 Å². The van der Waals surface area contributed by atoms with Crippen LogP contribution in [0.3, 0.4) is 0 Å². The fourth-order valence-electron chi connectivity index (χ4n) is 2.45. The van der Waals surface area contributed by atoms with E-state index in [-0.39, 0.29) is 25.2 Å². The molecule has 0 saturated carbocycles. The second-order valence-electron chi connectivity index (χ2n) is 4.86. The minimum Gasteiger partial charge on any atom is -0.345 e. The molecular formula is C14H12N2O5. The van der Waals surface area contributed by atoms with Gasteiger partial charge in [-0.2, -0.15) is 0 Å². The molecule has 2 aliphatic rings. The van der Waals surface area contributed by atoms with Crippen molar-refractivity contribution in [1.82, 2.24) is 10.4 Å². The number of carbonyl (C=O) groups is 4. The molecule has 7 heteroatoms. The smallest absolute Gasteiger partial charge is 0.335 e. The highest BCUT2D eigenvalue weighted by atomic mass is 16.7. The molecule has 108 valence electrons. The average molecular weight is 288 g/mol. The number of hydrogen-bond donors (Lipinski definition) is 1. The summed E-state index contributed by atoms with van der Waals surface area (Å²) in [6.07, 6.45) is -0.0377. The molecule has 1 N–H and O–H groups in total. The summed E-state index contributed by atoms with van der Waals surface area (Å²) in [4.78, 5) is 51.1. The number of rotatable bonds is 3. The van der Waals surface area contributed by atoms with E-state index in [1.807, 2.05) is 0 Å². The van der Waals surface area contributed by atoms with Gasteiger partial charge >= 0.3 is 5.97 Å². The molecule has 0 bridgehead atoms. The van der Waals surface area contributed by atoms with Crippen LogP contribution in [0.4, 0.5) is 0 Å². The van der Waals surface area contributed by atoms with Crippen molar-refractivity contribution < 1.29 is 24.0 Å². The zero-order chi connectivity index (χ0) is 15.0. The van der Waals surface area contributed by atoms with Crippen molar-refractivity contribution in [2.45, 2.75) is 25.3 Å². The summed E-state index contributed by atoms with van der Waals surface area (Å²) >= 11 is 0. The first-order valence-corrected chi connectivity index (χ1v) is 6.52.